The van der Waals surface area contributed by atoms with Gasteiger partial charge in [-0.3, -0.25) is 0 Å². The molecular weight excluding hydrogens is 230 g/mol. The first-order valence-electron chi connectivity index (χ1n) is 4.44. The monoisotopic (exact) mass is 243 g/mol. The van der Waals surface area contributed by atoms with E-state index < -0.39 is 9.84 Å². The number of hydrogen-bond donors (Lipinski definition) is 1. The SMILES string of the molecule is Cc1ccccc1CS(=O)(=O)CC(N)=S. The number of rotatable bonds is 4. The van der Waals surface area contributed by atoms with Crippen molar-refractivity contribution in [1.29, 1.82) is 0 Å². The first-order valence-corrected chi connectivity index (χ1v) is 6.67. The number of thiocarbonyl (C=S) groups is 1. The summed E-state index contributed by atoms with van der Waals surface area (Å²) in [7, 11) is -3.22. The van der Waals surface area contributed by atoms with Crippen LogP contribution in [0.25, 0.3) is 0 Å². The second kappa shape index (κ2) is 4.72. The summed E-state index contributed by atoms with van der Waals surface area (Å²) in [4.78, 5) is 0.0172. The second-order valence-electron chi connectivity index (χ2n) is 3.43. The van der Waals surface area contributed by atoms with Crippen molar-refractivity contribution in [1.82, 2.24) is 0 Å². The van der Waals surface area contributed by atoms with Gasteiger partial charge in [0.05, 0.1) is 10.7 Å². The molecule has 0 heterocycles. The lowest BCUT2D eigenvalue weighted by molar-refractivity contribution is 0.599. The molecule has 82 valence electrons. The van der Waals surface area contributed by atoms with Crippen molar-refractivity contribution in [3.05, 3.63) is 35.4 Å². The highest BCUT2D eigenvalue weighted by atomic mass is 32.2. The average molecular weight is 243 g/mol. The first-order chi connectivity index (χ1) is 6.91. The normalized spacial score (nSPS) is 11.3. The molecule has 1 rings (SSSR count). The van der Waals surface area contributed by atoms with Gasteiger partial charge in [-0.2, -0.15) is 0 Å². The van der Waals surface area contributed by atoms with Gasteiger partial charge in [-0.1, -0.05) is 36.5 Å². The Kier molecular flexibility index (Phi) is 3.82. The minimum absolute atomic E-state index is 0.00296. The maximum Gasteiger partial charge on any atom is 0.160 e. The number of sulfone groups is 1. The van der Waals surface area contributed by atoms with Gasteiger partial charge in [0.15, 0.2) is 9.84 Å². The molecule has 0 aliphatic carbocycles. The molecule has 0 unspecified atom stereocenters. The Labute approximate surface area is 95.2 Å². The van der Waals surface area contributed by atoms with Gasteiger partial charge in [-0.25, -0.2) is 8.42 Å². The van der Waals surface area contributed by atoms with Gasteiger partial charge < -0.3 is 5.73 Å². The lowest BCUT2D eigenvalue weighted by atomic mass is 10.1. The molecular formula is C10H13NO2S2. The van der Waals surface area contributed by atoms with Crippen LogP contribution in [0, 0.1) is 6.92 Å². The molecule has 0 spiro atoms. The van der Waals surface area contributed by atoms with Crippen LogP contribution >= 0.6 is 12.2 Å². The predicted molar refractivity (Wildman–Crippen MR) is 65.5 cm³/mol. The van der Waals surface area contributed by atoms with Crippen LogP contribution in [0.15, 0.2) is 24.3 Å². The molecule has 5 heteroatoms. The van der Waals surface area contributed by atoms with Gasteiger partial charge in [0.25, 0.3) is 0 Å². The second-order valence-corrected chi connectivity index (χ2v) is 6.01. The molecule has 0 atom stereocenters. The molecule has 0 radical (unpaired) electrons. The van der Waals surface area contributed by atoms with Crippen LogP contribution in [-0.2, 0) is 15.6 Å². The Hall–Kier alpha value is -0.940. The highest BCUT2D eigenvalue weighted by Gasteiger charge is 2.14. The van der Waals surface area contributed by atoms with E-state index in [2.05, 4.69) is 12.2 Å². The van der Waals surface area contributed by atoms with Gasteiger partial charge in [-0.05, 0) is 18.1 Å². The number of hydrogen-bond acceptors (Lipinski definition) is 3. The van der Waals surface area contributed by atoms with Crippen LogP contribution in [0.2, 0.25) is 0 Å². The van der Waals surface area contributed by atoms with Crippen LogP contribution in [0.3, 0.4) is 0 Å². The van der Waals surface area contributed by atoms with Crippen LogP contribution in [0.1, 0.15) is 11.1 Å². The minimum atomic E-state index is -3.22. The zero-order chi connectivity index (χ0) is 11.5. The third-order valence-corrected chi connectivity index (χ3v) is 3.83. The molecule has 2 N–H and O–H groups in total. The van der Waals surface area contributed by atoms with E-state index in [1.807, 2.05) is 25.1 Å². The fourth-order valence-electron chi connectivity index (χ4n) is 1.28. The number of benzene rings is 1. The molecule has 0 amide bonds. The van der Waals surface area contributed by atoms with Gasteiger partial charge in [-0.15, -0.1) is 0 Å². The molecule has 0 saturated carbocycles. The van der Waals surface area contributed by atoms with Crippen LogP contribution < -0.4 is 5.73 Å². The van der Waals surface area contributed by atoms with Gasteiger partial charge in [0.1, 0.15) is 5.75 Å². The molecule has 0 saturated heterocycles. The van der Waals surface area contributed by atoms with E-state index in [9.17, 15) is 8.42 Å². The molecule has 3 nitrogen and oxygen atoms in total. The quantitative estimate of drug-likeness (QED) is 0.807. The summed E-state index contributed by atoms with van der Waals surface area (Å²) in [6.45, 7) is 1.88. The van der Waals surface area contributed by atoms with Crippen LogP contribution in [0.5, 0.6) is 0 Å². The Morgan fingerprint density at radius 3 is 2.53 bits per heavy atom. The summed E-state index contributed by atoms with van der Waals surface area (Å²) in [6, 6.07) is 7.37. The Bertz CT molecular complexity index is 466. The van der Waals surface area contributed by atoms with Gasteiger partial charge in [0.2, 0.25) is 0 Å². The van der Waals surface area contributed by atoms with Crippen molar-refractivity contribution in [3.8, 4) is 0 Å². The molecule has 0 aliphatic rings. The molecule has 1 aromatic carbocycles. The van der Waals surface area contributed by atoms with E-state index >= 15 is 0 Å². The van der Waals surface area contributed by atoms with E-state index in [4.69, 9.17) is 5.73 Å². The largest absolute Gasteiger partial charge is 0.392 e. The summed E-state index contributed by atoms with van der Waals surface area (Å²) < 4.78 is 23.2. The fraction of sp³-hybridized carbons (Fsp3) is 0.300. The minimum Gasteiger partial charge on any atom is -0.392 e. The first kappa shape index (κ1) is 12.1. The number of nitrogens with two attached hydrogens (primary N) is 1. The van der Waals surface area contributed by atoms with Gasteiger partial charge >= 0.3 is 0 Å². The van der Waals surface area contributed by atoms with E-state index in [1.54, 1.807) is 6.07 Å². The van der Waals surface area contributed by atoms with E-state index in [1.165, 1.54) is 0 Å². The fourth-order valence-corrected chi connectivity index (χ4v) is 3.15. The predicted octanol–water partition coefficient (Wildman–Crippen LogP) is 1.20. The van der Waals surface area contributed by atoms with E-state index in [0.29, 0.717) is 0 Å². The third-order valence-electron chi connectivity index (χ3n) is 2.00. The van der Waals surface area contributed by atoms with E-state index in [-0.39, 0.29) is 16.5 Å². The van der Waals surface area contributed by atoms with Gasteiger partial charge in [0, 0.05) is 0 Å². The topological polar surface area (TPSA) is 60.2 Å². The standard InChI is InChI=1S/C10H13NO2S2/c1-8-4-2-3-5-9(8)6-15(12,13)7-10(11)14/h2-5H,6-7H2,1H3,(H2,11,14). The summed E-state index contributed by atoms with van der Waals surface area (Å²) in [5, 5.41) is 0. The van der Waals surface area contributed by atoms with Crippen molar-refractivity contribution in [2.24, 2.45) is 5.73 Å². The van der Waals surface area contributed by atoms with Crippen molar-refractivity contribution in [2.75, 3.05) is 5.75 Å². The van der Waals surface area contributed by atoms with Crippen LogP contribution in [-0.4, -0.2) is 19.2 Å². The smallest absolute Gasteiger partial charge is 0.160 e. The lowest BCUT2D eigenvalue weighted by Crippen LogP contribution is -2.22. The molecule has 0 fully saturated rings. The Balaban J connectivity index is 2.87. The molecule has 0 aliphatic heterocycles. The zero-order valence-electron chi connectivity index (χ0n) is 8.43. The van der Waals surface area contributed by atoms with Crippen molar-refractivity contribution >= 4 is 27.0 Å². The lowest BCUT2D eigenvalue weighted by Gasteiger charge is -2.06. The van der Waals surface area contributed by atoms with E-state index in [0.717, 1.165) is 11.1 Å². The highest BCUT2D eigenvalue weighted by molar-refractivity contribution is 7.93. The van der Waals surface area contributed by atoms with Crippen molar-refractivity contribution in [2.45, 2.75) is 12.7 Å². The number of aryl methyl sites for hydroxylation is 1. The maximum atomic E-state index is 11.6. The highest BCUT2D eigenvalue weighted by Crippen LogP contribution is 2.11. The summed E-state index contributed by atoms with van der Waals surface area (Å²) in [6.07, 6.45) is 0. The zero-order valence-corrected chi connectivity index (χ0v) is 10.1. The summed E-state index contributed by atoms with van der Waals surface area (Å²) in [5.41, 5.74) is 6.98. The van der Waals surface area contributed by atoms with Crippen molar-refractivity contribution in [3.63, 3.8) is 0 Å². The Morgan fingerprint density at radius 1 is 1.40 bits per heavy atom. The average Bonchev–Trinajstić information content (AvgIpc) is 2.06. The Morgan fingerprint density at radius 2 is 2.00 bits per heavy atom. The molecule has 0 bridgehead atoms. The third kappa shape index (κ3) is 3.97. The molecule has 15 heavy (non-hydrogen) atoms. The van der Waals surface area contributed by atoms with Crippen LogP contribution in [0.4, 0.5) is 0 Å². The molecule has 1 aromatic rings. The summed E-state index contributed by atoms with van der Waals surface area (Å²) in [5.74, 6) is -0.228. The summed E-state index contributed by atoms with van der Waals surface area (Å²) >= 11 is 4.59. The maximum absolute atomic E-state index is 11.6. The molecule has 0 aromatic heterocycles. The van der Waals surface area contributed by atoms with Crippen molar-refractivity contribution < 1.29 is 8.42 Å².